The minimum absolute atomic E-state index is 0.0193. The first-order chi connectivity index (χ1) is 11.5. The molecule has 1 aliphatic heterocycles. The van der Waals surface area contributed by atoms with E-state index in [1.165, 1.54) is 5.69 Å². The van der Waals surface area contributed by atoms with Gasteiger partial charge in [-0.05, 0) is 31.9 Å². The Hall–Kier alpha value is -2.50. The maximum atomic E-state index is 12.6. The molecule has 3 rings (SSSR count). The van der Waals surface area contributed by atoms with Crippen molar-refractivity contribution < 1.29 is 4.79 Å². The van der Waals surface area contributed by atoms with Gasteiger partial charge < -0.3 is 15.1 Å². The van der Waals surface area contributed by atoms with Gasteiger partial charge in [0.05, 0.1) is 35.0 Å². The topological polar surface area (TPSA) is 64.3 Å². The Morgan fingerprint density at radius 3 is 2.67 bits per heavy atom. The van der Waals surface area contributed by atoms with Crippen LogP contribution in [0.2, 0.25) is 0 Å². The van der Waals surface area contributed by atoms with Crippen LogP contribution < -0.4 is 15.1 Å². The molecule has 2 aromatic rings. The van der Waals surface area contributed by atoms with Gasteiger partial charge in [-0.3, -0.25) is 9.89 Å². The average Bonchev–Trinajstić information content (AvgIpc) is 2.79. The molecule has 1 aliphatic rings. The minimum atomic E-state index is -0.0193. The molecule has 0 fully saturated rings. The Kier molecular flexibility index (Phi) is 4.46. The van der Waals surface area contributed by atoms with Gasteiger partial charge in [0.25, 0.3) is 0 Å². The van der Waals surface area contributed by atoms with Crippen molar-refractivity contribution >= 4 is 23.0 Å². The number of aryl methyl sites for hydroxylation is 2. The van der Waals surface area contributed by atoms with Gasteiger partial charge in [0.2, 0.25) is 5.91 Å². The lowest BCUT2D eigenvalue weighted by molar-refractivity contribution is -0.115. The second-order valence-electron chi connectivity index (χ2n) is 6.71. The molecule has 0 saturated heterocycles. The molecule has 1 unspecified atom stereocenters. The van der Waals surface area contributed by atoms with Gasteiger partial charge >= 0.3 is 0 Å². The van der Waals surface area contributed by atoms with Crippen LogP contribution in [-0.2, 0) is 4.79 Å². The summed E-state index contributed by atoms with van der Waals surface area (Å²) < 4.78 is 0. The summed E-state index contributed by atoms with van der Waals surface area (Å²) in [6.45, 7) is 8.19. The summed E-state index contributed by atoms with van der Waals surface area (Å²) in [5.41, 5.74) is 4.76. The van der Waals surface area contributed by atoms with Gasteiger partial charge in [0, 0.05) is 20.1 Å². The highest BCUT2D eigenvalue weighted by atomic mass is 16.2. The molecule has 1 amide bonds. The van der Waals surface area contributed by atoms with E-state index in [0.29, 0.717) is 12.5 Å². The maximum Gasteiger partial charge on any atom is 0.243 e. The van der Waals surface area contributed by atoms with Crippen LogP contribution in [0.4, 0.5) is 17.1 Å². The van der Waals surface area contributed by atoms with E-state index in [-0.39, 0.29) is 5.91 Å². The van der Waals surface area contributed by atoms with Gasteiger partial charge in [0.1, 0.15) is 0 Å². The highest BCUT2D eigenvalue weighted by Crippen LogP contribution is 2.32. The van der Waals surface area contributed by atoms with E-state index >= 15 is 0 Å². The van der Waals surface area contributed by atoms with Gasteiger partial charge in [-0.15, -0.1) is 0 Å². The molecule has 0 aliphatic carbocycles. The van der Waals surface area contributed by atoms with Crippen LogP contribution in [0.1, 0.15) is 18.3 Å². The smallest absolute Gasteiger partial charge is 0.243 e. The molecule has 128 valence electrons. The first kappa shape index (κ1) is 16.4. The van der Waals surface area contributed by atoms with Crippen LogP contribution in [0.15, 0.2) is 24.3 Å². The molecule has 0 radical (unpaired) electrons. The monoisotopic (exact) mass is 327 g/mol. The third kappa shape index (κ3) is 3.22. The summed E-state index contributed by atoms with van der Waals surface area (Å²) in [5.74, 6) is 0.460. The van der Waals surface area contributed by atoms with Gasteiger partial charge in [0.15, 0.2) is 0 Å². The summed E-state index contributed by atoms with van der Waals surface area (Å²) in [5, 5.41) is 10.0. The number of benzene rings is 1. The van der Waals surface area contributed by atoms with Gasteiger partial charge in [-0.1, -0.05) is 19.1 Å². The Morgan fingerprint density at radius 1 is 1.29 bits per heavy atom. The van der Waals surface area contributed by atoms with Crippen LogP contribution in [0.5, 0.6) is 0 Å². The van der Waals surface area contributed by atoms with Crippen molar-refractivity contribution in [2.75, 3.05) is 41.8 Å². The average molecular weight is 327 g/mol. The van der Waals surface area contributed by atoms with E-state index in [0.717, 1.165) is 35.9 Å². The van der Waals surface area contributed by atoms with E-state index in [1.54, 1.807) is 0 Å². The quantitative estimate of drug-likeness (QED) is 0.909. The lowest BCUT2D eigenvalue weighted by Gasteiger charge is -2.25. The molecule has 2 heterocycles. The molecule has 24 heavy (non-hydrogen) atoms. The molecule has 6 nitrogen and oxygen atoms in total. The Labute approximate surface area is 142 Å². The number of amides is 1. The van der Waals surface area contributed by atoms with Crippen LogP contribution >= 0.6 is 0 Å². The van der Waals surface area contributed by atoms with E-state index in [2.05, 4.69) is 51.4 Å². The van der Waals surface area contributed by atoms with Crippen molar-refractivity contribution in [3.05, 3.63) is 35.7 Å². The number of carbonyl (C=O) groups is 1. The molecule has 1 atom stereocenters. The highest BCUT2D eigenvalue weighted by molar-refractivity contribution is 5.95. The first-order valence-electron chi connectivity index (χ1n) is 8.32. The Bertz CT molecular complexity index is 719. The van der Waals surface area contributed by atoms with Gasteiger partial charge in [-0.25, -0.2) is 0 Å². The summed E-state index contributed by atoms with van der Waals surface area (Å²) >= 11 is 0. The Morgan fingerprint density at radius 2 is 2.00 bits per heavy atom. The fraction of sp³-hybridized carbons (Fsp3) is 0.444. The SMILES string of the molecule is Cc1n[nH]c(C)c1NC(=O)CN1CC(C)CN(C)c2ccccc21. The second kappa shape index (κ2) is 6.55. The number of rotatable bonds is 3. The fourth-order valence-corrected chi connectivity index (χ4v) is 3.39. The normalized spacial score (nSPS) is 17.4. The molecule has 0 spiro atoms. The summed E-state index contributed by atoms with van der Waals surface area (Å²) in [6, 6.07) is 8.27. The lowest BCUT2D eigenvalue weighted by atomic mass is 10.1. The predicted octanol–water partition coefficient (Wildman–Crippen LogP) is 2.56. The standard InChI is InChI=1S/C18H25N5O/c1-12-9-22(4)15-7-5-6-8-16(15)23(10-12)11-17(24)19-18-13(2)20-21-14(18)3/h5-8,12H,9-11H2,1-4H3,(H,19,24)(H,20,21). The van der Waals surface area contributed by atoms with Crippen molar-refractivity contribution in [3.8, 4) is 0 Å². The molecule has 1 aromatic carbocycles. The van der Waals surface area contributed by atoms with Crippen LogP contribution in [0.3, 0.4) is 0 Å². The highest BCUT2D eigenvalue weighted by Gasteiger charge is 2.24. The Balaban J connectivity index is 1.80. The molecule has 6 heteroatoms. The molecule has 0 bridgehead atoms. The minimum Gasteiger partial charge on any atom is -0.373 e. The number of aromatic nitrogens is 2. The zero-order chi connectivity index (χ0) is 17.3. The van der Waals surface area contributed by atoms with E-state index in [9.17, 15) is 4.79 Å². The first-order valence-corrected chi connectivity index (χ1v) is 8.32. The van der Waals surface area contributed by atoms with Crippen molar-refractivity contribution in [2.45, 2.75) is 20.8 Å². The maximum absolute atomic E-state index is 12.6. The molecular weight excluding hydrogens is 302 g/mol. The van der Waals surface area contributed by atoms with Crippen molar-refractivity contribution in [3.63, 3.8) is 0 Å². The van der Waals surface area contributed by atoms with Crippen LogP contribution in [0, 0.1) is 19.8 Å². The summed E-state index contributed by atoms with van der Waals surface area (Å²) in [7, 11) is 2.11. The molecular formula is C18H25N5O. The fourth-order valence-electron chi connectivity index (χ4n) is 3.39. The number of hydrogen-bond acceptors (Lipinski definition) is 4. The van der Waals surface area contributed by atoms with E-state index in [1.807, 2.05) is 26.0 Å². The number of nitrogens with zero attached hydrogens (tertiary/aromatic N) is 3. The lowest BCUT2D eigenvalue weighted by Crippen LogP contribution is -2.36. The number of H-pyrrole nitrogens is 1. The number of anilines is 3. The molecule has 1 aromatic heterocycles. The number of aromatic amines is 1. The summed E-state index contributed by atoms with van der Waals surface area (Å²) in [6.07, 6.45) is 0. The van der Waals surface area contributed by atoms with Crippen molar-refractivity contribution in [2.24, 2.45) is 5.92 Å². The van der Waals surface area contributed by atoms with E-state index < -0.39 is 0 Å². The number of nitrogens with one attached hydrogen (secondary N) is 2. The number of fused-ring (bicyclic) bond motifs is 1. The molecule has 0 saturated carbocycles. The predicted molar refractivity (Wildman–Crippen MR) is 97.8 cm³/mol. The van der Waals surface area contributed by atoms with Crippen LogP contribution in [0.25, 0.3) is 0 Å². The molecule has 2 N–H and O–H groups in total. The third-order valence-electron chi connectivity index (χ3n) is 4.48. The van der Waals surface area contributed by atoms with Gasteiger partial charge in [-0.2, -0.15) is 5.10 Å². The zero-order valence-corrected chi connectivity index (χ0v) is 14.8. The van der Waals surface area contributed by atoms with Crippen molar-refractivity contribution in [1.82, 2.24) is 10.2 Å². The number of hydrogen-bond donors (Lipinski definition) is 2. The summed E-state index contributed by atoms with van der Waals surface area (Å²) in [4.78, 5) is 17.0. The largest absolute Gasteiger partial charge is 0.373 e. The van der Waals surface area contributed by atoms with E-state index in [4.69, 9.17) is 0 Å². The van der Waals surface area contributed by atoms with Crippen molar-refractivity contribution in [1.29, 1.82) is 0 Å². The van der Waals surface area contributed by atoms with Crippen LogP contribution in [-0.4, -0.2) is 42.8 Å². The second-order valence-corrected chi connectivity index (χ2v) is 6.71. The number of para-hydroxylation sites is 2. The third-order valence-corrected chi connectivity index (χ3v) is 4.48. The zero-order valence-electron chi connectivity index (χ0n) is 14.8. The number of carbonyl (C=O) groups excluding carboxylic acids is 1.